The molecule has 1 aromatic rings. The van der Waals surface area contributed by atoms with E-state index >= 15 is 0 Å². The van der Waals surface area contributed by atoms with Crippen molar-refractivity contribution in [3.8, 4) is 0 Å². The van der Waals surface area contributed by atoms with E-state index < -0.39 is 0 Å². The van der Waals surface area contributed by atoms with Crippen molar-refractivity contribution in [1.29, 1.82) is 0 Å². The zero-order chi connectivity index (χ0) is 10.1. The van der Waals surface area contributed by atoms with Gasteiger partial charge in [-0.2, -0.15) is 0 Å². The van der Waals surface area contributed by atoms with Gasteiger partial charge < -0.3 is 5.32 Å². The van der Waals surface area contributed by atoms with Gasteiger partial charge >= 0.3 is 0 Å². The Kier molecular flexibility index (Phi) is 2.44. The Morgan fingerprint density at radius 2 is 2.29 bits per heavy atom. The summed E-state index contributed by atoms with van der Waals surface area (Å²) in [6.07, 6.45) is 1.13. The van der Waals surface area contributed by atoms with Crippen LogP contribution in [0.2, 0.25) is 0 Å². The molecule has 0 bridgehead atoms. The van der Waals surface area contributed by atoms with Crippen molar-refractivity contribution in [3.05, 3.63) is 29.6 Å². The molecule has 0 saturated carbocycles. The van der Waals surface area contributed by atoms with Crippen LogP contribution in [0, 0.1) is 11.7 Å². The molecule has 0 spiro atoms. The minimum atomic E-state index is -0.117. The molecule has 2 rings (SSSR count). The van der Waals surface area contributed by atoms with Crippen LogP contribution in [0.15, 0.2) is 18.2 Å². The van der Waals surface area contributed by atoms with Crippen molar-refractivity contribution in [2.45, 2.75) is 26.2 Å². The first-order valence-corrected chi connectivity index (χ1v) is 5.20. The molecule has 2 heteroatoms. The fourth-order valence-electron chi connectivity index (χ4n) is 2.18. The summed E-state index contributed by atoms with van der Waals surface area (Å²) in [5.41, 5.74) is 1.87. The van der Waals surface area contributed by atoms with Gasteiger partial charge in [0.1, 0.15) is 5.82 Å². The van der Waals surface area contributed by atoms with Crippen LogP contribution < -0.4 is 5.32 Å². The quantitative estimate of drug-likeness (QED) is 0.759. The molecule has 0 saturated heterocycles. The fourth-order valence-corrected chi connectivity index (χ4v) is 2.18. The molecule has 1 aliphatic heterocycles. The number of fused-ring (bicyclic) bond motifs is 1. The van der Waals surface area contributed by atoms with Crippen LogP contribution in [0.4, 0.5) is 10.1 Å². The van der Waals surface area contributed by atoms with E-state index in [2.05, 4.69) is 19.2 Å². The summed E-state index contributed by atoms with van der Waals surface area (Å²) < 4.78 is 13.3. The molecule has 1 aromatic carbocycles. The smallest absolute Gasteiger partial charge is 0.146 e. The van der Waals surface area contributed by atoms with Crippen LogP contribution in [0.25, 0.3) is 0 Å². The van der Waals surface area contributed by atoms with Crippen molar-refractivity contribution in [1.82, 2.24) is 0 Å². The van der Waals surface area contributed by atoms with Crippen molar-refractivity contribution in [2.75, 3.05) is 11.9 Å². The lowest BCUT2D eigenvalue weighted by atomic mass is 9.92. The van der Waals surface area contributed by atoms with Gasteiger partial charge in [0.05, 0.1) is 5.69 Å². The maximum atomic E-state index is 13.3. The van der Waals surface area contributed by atoms with Gasteiger partial charge in [-0.25, -0.2) is 4.39 Å². The Balaban J connectivity index is 2.26. The predicted molar refractivity (Wildman–Crippen MR) is 57.1 cm³/mol. The highest BCUT2D eigenvalue weighted by Gasteiger charge is 2.24. The second-order valence-corrected chi connectivity index (χ2v) is 4.41. The van der Waals surface area contributed by atoms with Gasteiger partial charge in [0.15, 0.2) is 0 Å². The van der Waals surface area contributed by atoms with E-state index in [1.165, 1.54) is 6.07 Å². The predicted octanol–water partition coefficient (Wildman–Crippen LogP) is 3.38. The van der Waals surface area contributed by atoms with Crippen LogP contribution >= 0.6 is 0 Å². The number of hydrogen-bond acceptors (Lipinski definition) is 1. The van der Waals surface area contributed by atoms with E-state index in [9.17, 15) is 4.39 Å². The summed E-state index contributed by atoms with van der Waals surface area (Å²) >= 11 is 0. The molecule has 1 atom stereocenters. The number of para-hydroxylation sites is 1. The normalized spacial score (nSPS) is 19.6. The van der Waals surface area contributed by atoms with Gasteiger partial charge in [0.2, 0.25) is 0 Å². The molecular formula is C12H16FN. The number of halogens is 1. The zero-order valence-corrected chi connectivity index (χ0v) is 8.68. The van der Waals surface area contributed by atoms with Crippen molar-refractivity contribution in [2.24, 2.45) is 5.92 Å². The molecule has 1 heterocycles. The van der Waals surface area contributed by atoms with Gasteiger partial charge in [-0.3, -0.25) is 0 Å². The zero-order valence-electron chi connectivity index (χ0n) is 8.68. The molecule has 1 N–H and O–H groups in total. The Morgan fingerprint density at radius 3 is 3.00 bits per heavy atom. The molecule has 1 aliphatic rings. The first kappa shape index (κ1) is 9.50. The van der Waals surface area contributed by atoms with Crippen LogP contribution in [-0.2, 0) is 0 Å². The van der Waals surface area contributed by atoms with Crippen molar-refractivity contribution in [3.63, 3.8) is 0 Å². The summed E-state index contributed by atoms with van der Waals surface area (Å²) in [4.78, 5) is 0. The number of benzene rings is 1. The maximum absolute atomic E-state index is 13.3. The monoisotopic (exact) mass is 193 g/mol. The third-order valence-corrected chi connectivity index (χ3v) is 2.77. The molecule has 0 amide bonds. The van der Waals surface area contributed by atoms with Crippen molar-refractivity contribution < 1.29 is 4.39 Å². The van der Waals surface area contributed by atoms with E-state index in [1.54, 1.807) is 6.07 Å². The topological polar surface area (TPSA) is 12.0 Å². The molecular weight excluding hydrogens is 177 g/mol. The van der Waals surface area contributed by atoms with Gasteiger partial charge in [-0.1, -0.05) is 26.0 Å². The summed E-state index contributed by atoms with van der Waals surface area (Å²) in [5, 5.41) is 3.15. The van der Waals surface area contributed by atoms with E-state index in [-0.39, 0.29) is 5.82 Å². The van der Waals surface area contributed by atoms with Gasteiger partial charge in [-0.05, 0) is 24.0 Å². The van der Waals surface area contributed by atoms with Gasteiger partial charge in [-0.15, -0.1) is 0 Å². The highest BCUT2D eigenvalue weighted by atomic mass is 19.1. The molecule has 1 nitrogen and oxygen atoms in total. The average molecular weight is 193 g/mol. The standard InChI is InChI=1S/C12H16FN/c1-8(2)6-9-7-14-12-10(9)4-3-5-11(12)13/h3-5,8-9,14H,6-7H2,1-2H3. The summed E-state index contributed by atoms with van der Waals surface area (Å²) in [5.74, 6) is 1.03. The van der Waals surface area contributed by atoms with Crippen LogP contribution in [0.5, 0.6) is 0 Å². The SMILES string of the molecule is CC(C)CC1CNc2c(F)cccc21. The number of rotatable bonds is 2. The molecule has 0 fully saturated rings. The van der Waals surface area contributed by atoms with E-state index in [0.29, 0.717) is 11.8 Å². The summed E-state index contributed by atoms with van der Waals surface area (Å²) in [6, 6.07) is 5.35. The second kappa shape index (κ2) is 3.60. The molecule has 1 unspecified atom stereocenters. The Bertz CT molecular complexity index is 333. The third-order valence-electron chi connectivity index (χ3n) is 2.77. The molecule has 0 aliphatic carbocycles. The number of hydrogen-bond donors (Lipinski definition) is 1. The van der Waals surface area contributed by atoms with E-state index in [0.717, 1.165) is 24.2 Å². The average Bonchev–Trinajstić information content (AvgIpc) is 2.49. The van der Waals surface area contributed by atoms with Gasteiger partial charge in [0.25, 0.3) is 0 Å². The first-order valence-electron chi connectivity index (χ1n) is 5.20. The maximum Gasteiger partial charge on any atom is 0.146 e. The fraction of sp³-hybridized carbons (Fsp3) is 0.500. The molecule has 0 aromatic heterocycles. The minimum Gasteiger partial charge on any atom is -0.382 e. The molecule has 76 valence electrons. The Labute approximate surface area is 84.3 Å². The highest BCUT2D eigenvalue weighted by Crippen LogP contribution is 2.36. The van der Waals surface area contributed by atoms with E-state index in [1.807, 2.05) is 6.07 Å². The lowest BCUT2D eigenvalue weighted by Gasteiger charge is -2.12. The van der Waals surface area contributed by atoms with Crippen LogP contribution in [0.1, 0.15) is 31.7 Å². The lowest BCUT2D eigenvalue weighted by molar-refractivity contribution is 0.522. The second-order valence-electron chi connectivity index (χ2n) is 4.41. The minimum absolute atomic E-state index is 0.117. The van der Waals surface area contributed by atoms with Crippen LogP contribution in [-0.4, -0.2) is 6.54 Å². The number of nitrogens with one attached hydrogen (secondary N) is 1. The highest BCUT2D eigenvalue weighted by molar-refractivity contribution is 5.58. The Morgan fingerprint density at radius 1 is 1.50 bits per heavy atom. The summed E-state index contributed by atoms with van der Waals surface area (Å²) in [7, 11) is 0. The van der Waals surface area contributed by atoms with E-state index in [4.69, 9.17) is 0 Å². The molecule has 14 heavy (non-hydrogen) atoms. The Hall–Kier alpha value is -1.05. The van der Waals surface area contributed by atoms with Crippen molar-refractivity contribution >= 4 is 5.69 Å². The number of anilines is 1. The lowest BCUT2D eigenvalue weighted by Crippen LogP contribution is -2.05. The first-order chi connectivity index (χ1) is 6.68. The molecule has 0 radical (unpaired) electrons. The largest absolute Gasteiger partial charge is 0.382 e. The third kappa shape index (κ3) is 1.61. The summed E-state index contributed by atoms with van der Waals surface area (Å²) in [6.45, 7) is 5.29. The van der Waals surface area contributed by atoms with Gasteiger partial charge in [0, 0.05) is 12.5 Å². The van der Waals surface area contributed by atoms with Crippen LogP contribution in [0.3, 0.4) is 0 Å².